The van der Waals surface area contributed by atoms with E-state index in [0.717, 1.165) is 10.5 Å². The number of anilines is 1. The molecule has 0 heterocycles. The van der Waals surface area contributed by atoms with Crippen LogP contribution >= 0.6 is 11.8 Å². The molecule has 1 atom stereocenters. The van der Waals surface area contributed by atoms with Crippen LogP contribution < -0.4 is 5.32 Å². The second-order valence-electron chi connectivity index (χ2n) is 5.03. The third kappa shape index (κ3) is 4.83. The lowest BCUT2D eigenvalue weighted by molar-refractivity contribution is -0.384. The summed E-state index contributed by atoms with van der Waals surface area (Å²) in [7, 11) is 0. The Hall–Kier alpha value is -2.85. The lowest BCUT2D eigenvalue weighted by Gasteiger charge is -2.12. The van der Waals surface area contributed by atoms with E-state index < -0.39 is 4.92 Å². The van der Waals surface area contributed by atoms with E-state index in [-0.39, 0.29) is 16.8 Å². The molecule has 0 saturated heterocycles. The average molecular weight is 341 g/mol. The molecule has 0 aliphatic rings. The van der Waals surface area contributed by atoms with Crippen molar-refractivity contribution in [1.82, 2.24) is 0 Å². The van der Waals surface area contributed by atoms with Crippen molar-refractivity contribution in [3.63, 3.8) is 0 Å². The van der Waals surface area contributed by atoms with Crippen LogP contribution in [0.2, 0.25) is 0 Å². The summed E-state index contributed by atoms with van der Waals surface area (Å²) in [6, 6.07) is 15.3. The number of non-ortho nitro benzene ring substituents is 1. The number of amides is 1. The van der Waals surface area contributed by atoms with E-state index in [1.165, 1.54) is 23.9 Å². The first-order chi connectivity index (χ1) is 11.5. The number of hydrogen-bond donors (Lipinski definition) is 1. The Bertz CT molecular complexity index is 767. The third-order valence-electron chi connectivity index (χ3n) is 3.23. The summed E-state index contributed by atoms with van der Waals surface area (Å²) >= 11 is 1.32. The van der Waals surface area contributed by atoms with Crippen LogP contribution in [0.1, 0.15) is 12.5 Å². The summed E-state index contributed by atoms with van der Waals surface area (Å²) in [5, 5.41) is 21.7. The second-order valence-corrected chi connectivity index (χ2v) is 6.45. The molecular formula is C17H15N3O3S. The molecule has 122 valence electrons. The van der Waals surface area contributed by atoms with Gasteiger partial charge in [0.15, 0.2) is 0 Å². The minimum Gasteiger partial charge on any atom is -0.325 e. The molecule has 2 aromatic rings. The maximum Gasteiger partial charge on any atom is 0.269 e. The number of nitrogens with one attached hydrogen (secondary N) is 1. The molecular weight excluding hydrogens is 326 g/mol. The van der Waals surface area contributed by atoms with Gasteiger partial charge in [0, 0.05) is 22.7 Å². The van der Waals surface area contributed by atoms with Gasteiger partial charge in [-0.15, -0.1) is 11.8 Å². The fraction of sp³-hybridized carbons (Fsp3) is 0.176. The van der Waals surface area contributed by atoms with Crippen LogP contribution in [-0.4, -0.2) is 16.1 Å². The van der Waals surface area contributed by atoms with E-state index in [4.69, 9.17) is 5.26 Å². The third-order valence-corrected chi connectivity index (χ3v) is 4.35. The largest absolute Gasteiger partial charge is 0.325 e. The number of nitro groups is 1. The fourth-order valence-electron chi connectivity index (χ4n) is 1.95. The van der Waals surface area contributed by atoms with Crippen LogP contribution in [0.5, 0.6) is 0 Å². The van der Waals surface area contributed by atoms with Gasteiger partial charge >= 0.3 is 0 Å². The van der Waals surface area contributed by atoms with Crippen molar-refractivity contribution in [3.05, 3.63) is 64.2 Å². The highest BCUT2D eigenvalue weighted by Gasteiger charge is 2.15. The Morgan fingerprint density at radius 1 is 1.25 bits per heavy atom. The summed E-state index contributed by atoms with van der Waals surface area (Å²) in [6.45, 7) is 1.77. The predicted octanol–water partition coefficient (Wildman–Crippen LogP) is 3.78. The molecule has 0 aromatic heterocycles. The molecule has 0 aliphatic carbocycles. The van der Waals surface area contributed by atoms with Gasteiger partial charge in [-0.05, 0) is 36.8 Å². The maximum absolute atomic E-state index is 12.2. The minimum atomic E-state index is -0.458. The van der Waals surface area contributed by atoms with Gasteiger partial charge in [0.1, 0.15) is 0 Å². The van der Waals surface area contributed by atoms with Gasteiger partial charge in [0.2, 0.25) is 5.91 Å². The van der Waals surface area contributed by atoms with Gasteiger partial charge in [-0.3, -0.25) is 14.9 Å². The molecule has 24 heavy (non-hydrogen) atoms. The SMILES string of the molecule is C[C@H](Sc1ccc([N+](=O)[O-])cc1)C(=O)Nc1ccc(CC#N)cc1. The van der Waals surface area contributed by atoms with E-state index in [9.17, 15) is 14.9 Å². The van der Waals surface area contributed by atoms with Crippen LogP contribution in [0.3, 0.4) is 0 Å². The van der Waals surface area contributed by atoms with E-state index in [2.05, 4.69) is 11.4 Å². The van der Waals surface area contributed by atoms with Gasteiger partial charge in [-0.25, -0.2) is 0 Å². The van der Waals surface area contributed by atoms with Crippen LogP contribution in [0.4, 0.5) is 11.4 Å². The quantitative estimate of drug-likeness (QED) is 0.490. The van der Waals surface area contributed by atoms with Crippen molar-refractivity contribution < 1.29 is 9.72 Å². The summed E-state index contributed by atoms with van der Waals surface area (Å²) in [5.74, 6) is -0.161. The number of nitrogens with zero attached hydrogens (tertiary/aromatic N) is 2. The lowest BCUT2D eigenvalue weighted by Crippen LogP contribution is -2.22. The molecule has 0 unspecified atom stereocenters. The van der Waals surface area contributed by atoms with E-state index in [1.54, 1.807) is 43.3 Å². The first kappa shape index (κ1) is 17.5. The Morgan fingerprint density at radius 2 is 1.88 bits per heavy atom. The highest BCUT2D eigenvalue weighted by Crippen LogP contribution is 2.26. The monoisotopic (exact) mass is 341 g/mol. The first-order valence-electron chi connectivity index (χ1n) is 7.17. The van der Waals surface area contributed by atoms with Gasteiger partial charge < -0.3 is 5.32 Å². The molecule has 1 amide bonds. The zero-order chi connectivity index (χ0) is 17.5. The molecule has 2 aromatic carbocycles. The molecule has 0 radical (unpaired) electrons. The minimum absolute atomic E-state index is 0.0221. The molecule has 1 N–H and O–H groups in total. The van der Waals surface area contributed by atoms with Gasteiger partial charge in [0.25, 0.3) is 5.69 Å². The summed E-state index contributed by atoms with van der Waals surface area (Å²) < 4.78 is 0. The summed E-state index contributed by atoms with van der Waals surface area (Å²) in [6.07, 6.45) is 0.334. The highest BCUT2D eigenvalue weighted by atomic mass is 32.2. The molecule has 7 heteroatoms. The van der Waals surface area contributed by atoms with Crippen molar-refractivity contribution >= 4 is 29.0 Å². The molecule has 0 fully saturated rings. The Labute approximate surface area is 143 Å². The Morgan fingerprint density at radius 3 is 2.42 bits per heavy atom. The molecule has 0 aliphatic heterocycles. The van der Waals surface area contributed by atoms with Crippen molar-refractivity contribution in [1.29, 1.82) is 5.26 Å². The fourth-order valence-corrected chi connectivity index (χ4v) is 2.81. The number of nitriles is 1. The first-order valence-corrected chi connectivity index (χ1v) is 8.05. The lowest BCUT2D eigenvalue weighted by atomic mass is 10.1. The Balaban J connectivity index is 1.94. The standard InChI is InChI=1S/C17H15N3O3S/c1-12(24-16-8-6-15(7-9-16)20(22)23)17(21)19-14-4-2-13(3-5-14)10-11-18/h2-9,12H,10H2,1H3,(H,19,21)/t12-/m0/s1. The topological polar surface area (TPSA) is 96.0 Å². The second kappa shape index (κ2) is 8.13. The van der Waals surface area contributed by atoms with Gasteiger partial charge in [-0.2, -0.15) is 5.26 Å². The van der Waals surface area contributed by atoms with E-state index in [1.807, 2.05) is 0 Å². The molecule has 0 bridgehead atoms. The molecule has 0 saturated carbocycles. The molecule has 6 nitrogen and oxygen atoms in total. The van der Waals surface area contributed by atoms with Crippen molar-refractivity contribution in [2.45, 2.75) is 23.5 Å². The van der Waals surface area contributed by atoms with Gasteiger partial charge in [0.05, 0.1) is 22.7 Å². The van der Waals surface area contributed by atoms with Crippen LogP contribution in [0, 0.1) is 21.4 Å². The van der Waals surface area contributed by atoms with Crippen molar-refractivity contribution in [2.24, 2.45) is 0 Å². The zero-order valence-electron chi connectivity index (χ0n) is 12.9. The normalized spacial score (nSPS) is 11.3. The number of rotatable bonds is 6. The Kier molecular flexibility index (Phi) is 5.93. The van der Waals surface area contributed by atoms with E-state index >= 15 is 0 Å². The molecule has 2 rings (SSSR count). The zero-order valence-corrected chi connectivity index (χ0v) is 13.7. The van der Waals surface area contributed by atoms with E-state index in [0.29, 0.717) is 12.1 Å². The number of carbonyl (C=O) groups is 1. The number of hydrogen-bond acceptors (Lipinski definition) is 5. The number of carbonyl (C=O) groups excluding carboxylic acids is 1. The number of benzene rings is 2. The average Bonchev–Trinajstić information content (AvgIpc) is 2.57. The predicted molar refractivity (Wildman–Crippen MR) is 92.8 cm³/mol. The van der Waals surface area contributed by atoms with Crippen molar-refractivity contribution in [2.75, 3.05) is 5.32 Å². The van der Waals surface area contributed by atoms with Crippen LogP contribution in [-0.2, 0) is 11.2 Å². The number of thioether (sulfide) groups is 1. The highest BCUT2D eigenvalue weighted by molar-refractivity contribution is 8.00. The maximum atomic E-state index is 12.2. The van der Waals surface area contributed by atoms with Crippen LogP contribution in [0.25, 0.3) is 0 Å². The number of nitro benzene ring substituents is 1. The summed E-state index contributed by atoms with van der Waals surface area (Å²) in [5.41, 5.74) is 1.58. The van der Waals surface area contributed by atoms with Gasteiger partial charge in [-0.1, -0.05) is 12.1 Å². The summed E-state index contributed by atoms with van der Waals surface area (Å²) in [4.78, 5) is 23.2. The molecule has 0 spiro atoms. The van der Waals surface area contributed by atoms with Crippen molar-refractivity contribution in [3.8, 4) is 6.07 Å². The van der Waals surface area contributed by atoms with Crippen LogP contribution in [0.15, 0.2) is 53.4 Å². The smallest absolute Gasteiger partial charge is 0.269 e.